The van der Waals surface area contributed by atoms with E-state index in [1.165, 1.54) is 7.11 Å². The van der Waals surface area contributed by atoms with E-state index in [4.69, 9.17) is 4.74 Å². The minimum absolute atomic E-state index is 0.0223. The van der Waals surface area contributed by atoms with Gasteiger partial charge in [-0.15, -0.1) is 0 Å². The van der Waals surface area contributed by atoms with Crippen LogP contribution in [0.25, 0.3) is 5.70 Å². The van der Waals surface area contributed by atoms with Crippen LogP contribution in [0, 0.1) is 11.8 Å². The molecule has 5 nitrogen and oxygen atoms in total. The van der Waals surface area contributed by atoms with Gasteiger partial charge >= 0.3 is 5.97 Å². The Balaban J connectivity index is 2.42. The van der Waals surface area contributed by atoms with E-state index in [-0.39, 0.29) is 11.9 Å². The first-order valence-corrected chi connectivity index (χ1v) is 8.26. The highest BCUT2D eigenvalue weighted by Gasteiger charge is 2.29. The first-order chi connectivity index (χ1) is 11.4. The van der Waals surface area contributed by atoms with Gasteiger partial charge in [-0.2, -0.15) is 0 Å². The maximum absolute atomic E-state index is 12.6. The summed E-state index contributed by atoms with van der Waals surface area (Å²) in [6.45, 7) is 5.76. The van der Waals surface area contributed by atoms with Gasteiger partial charge < -0.3 is 9.64 Å². The van der Waals surface area contributed by atoms with E-state index in [2.05, 4.69) is 13.8 Å². The van der Waals surface area contributed by atoms with Crippen LogP contribution >= 0.6 is 0 Å². The number of carbonyl (C=O) groups excluding carboxylic acids is 2. The molecule has 0 bridgehead atoms. The number of ether oxygens (including phenoxy) is 1. The second-order valence-corrected chi connectivity index (χ2v) is 6.59. The summed E-state index contributed by atoms with van der Waals surface area (Å²) >= 11 is 0. The van der Waals surface area contributed by atoms with Gasteiger partial charge in [-0.3, -0.25) is 14.5 Å². The quantitative estimate of drug-likeness (QED) is 0.795. The average molecular weight is 330 g/mol. The van der Waals surface area contributed by atoms with Gasteiger partial charge in [0.15, 0.2) is 0 Å². The van der Waals surface area contributed by atoms with Crippen molar-refractivity contribution >= 4 is 17.6 Å². The third-order valence-electron chi connectivity index (χ3n) is 4.11. The molecule has 0 saturated heterocycles. The van der Waals surface area contributed by atoms with E-state index in [1.54, 1.807) is 11.9 Å². The Morgan fingerprint density at radius 3 is 2.54 bits per heavy atom. The van der Waals surface area contributed by atoms with E-state index in [9.17, 15) is 9.59 Å². The fourth-order valence-electron chi connectivity index (χ4n) is 2.98. The van der Waals surface area contributed by atoms with E-state index in [0.29, 0.717) is 19.0 Å². The molecule has 0 aliphatic carbocycles. The molecule has 0 fully saturated rings. The summed E-state index contributed by atoms with van der Waals surface area (Å²) in [5, 5.41) is 0. The van der Waals surface area contributed by atoms with Gasteiger partial charge in [-0.1, -0.05) is 44.2 Å². The Kier molecular flexibility index (Phi) is 6.15. The van der Waals surface area contributed by atoms with E-state index in [1.807, 2.05) is 41.3 Å². The first kappa shape index (κ1) is 18.2. The number of nitrogens with zero attached hydrogens (tertiary/aromatic N) is 2. The van der Waals surface area contributed by atoms with Crippen molar-refractivity contribution < 1.29 is 14.3 Å². The molecule has 0 spiro atoms. The van der Waals surface area contributed by atoms with E-state index < -0.39 is 5.92 Å². The Morgan fingerprint density at radius 1 is 1.29 bits per heavy atom. The van der Waals surface area contributed by atoms with Gasteiger partial charge in [0, 0.05) is 25.8 Å². The van der Waals surface area contributed by atoms with Gasteiger partial charge in [-0.25, -0.2) is 0 Å². The van der Waals surface area contributed by atoms with Crippen LogP contribution in [-0.4, -0.2) is 55.5 Å². The Labute approximate surface area is 143 Å². The van der Waals surface area contributed by atoms with Crippen LogP contribution in [0.15, 0.2) is 36.4 Å². The molecule has 0 aromatic heterocycles. The lowest BCUT2D eigenvalue weighted by atomic mass is 10.0. The Bertz CT molecular complexity index is 610. The molecule has 1 heterocycles. The molecule has 1 aliphatic heterocycles. The number of carbonyl (C=O) groups is 2. The van der Waals surface area contributed by atoms with Crippen molar-refractivity contribution in [1.82, 2.24) is 9.80 Å². The maximum Gasteiger partial charge on any atom is 0.313 e. The van der Waals surface area contributed by atoms with Crippen molar-refractivity contribution in [3.63, 3.8) is 0 Å². The van der Waals surface area contributed by atoms with Crippen LogP contribution in [0.4, 0.5) is 0 Å². The van der Waals surface area contributed by atoms with Gasteiger partial charge in [-0.05, 0) is 17.6 Å². The predicted octanol–water partition coefficient (Wildman–Crippen LogP) is 2.25. The van der Waals surface area contributed by atoms with Crippen LogP contribution in [0.5, 0.6) is 0 Å². The zero-order valence-corrected chi connectivity index (χ0v) is 14.9. The van der Waals surface area contributed by atoms with Crippen LogP contribution in [0.3, 0.4) is 0 Å². The molecule has 1 aliphatic rings. The zero-order valence-electron chi connectivity index (χ0n) is 14.9. The molecule has 24 heavy (non-hydrogen) atoms. The van der Waals surface area contributed by atoms with Crippen molar-refractivity contribution in [2.24, 2.45) is 11.8 Å². The number of amides is 1. The van der Waals surface area contributed by atoms with Crippen molar-refractivity contribution in [3.05, 3.63) is 42.0 Å². The number of likely N-dealkylation sites (N-methyl/N-ethyl adjacent to an activating group) is 1. The van der Waals surface area contributed by atoms with Crippen LogP contribution < -0.4 is 0 Å². The van der Waals surface area contributed by atoms with Gasteiger partial charge in [0.25, 0.3) is 0 Å². The molecule has 0 radical (unpaired) electrons. The number of rotatable bonds is 4. The fourth-order valence-corrected chi connectivity index (χ4v) is 2.98. The SMILES string of the molecule is COC(=O)C1/C=C(/c2ccccc2)N(C)C(=O)CN(CC(C)C)C1. The van der Waals surface area contributed by atoms with Crippen molar-refractivity contribution in [1.29, 1.82) is 0 Å². The summed E-state index contributed by atoms with van der Waals surface area (Å²) in [7, 11) is 3.16. The number of methoxy groups -OCH3 is 1. The summed E-state index contributed by atoms with van der Waals surface area (Å²) < 4.78 is 4.97. The third kappa shape index (κ3) is 4.45. The van der Waals surface area contributed by atoms with Crippen molar-refractivity contribution in [2.75, 3.05) is 33.8 Å². The number of hydrogen-bond acceptors (Lipinski definition) is 4. The molecular formula is C19H26N2O3. The highest BCUT2D eigenvalue weighted by Crippen LogP contribution is 2.24. The minimum atomic E-state index is -0.403. The Hall–Kier alpha value is -2.14. The minimum Gasteiger partial charge on any atom is -0.469 e. The van der Waals surface area contributed by atoms with Crippen LogP contribution in [0.1, 0.15) is 19.4 Å². The van der Waals surface area contributed by atoms with Crippen molar-refractivity contribution in [3.8, 4) is 0 Å². The second-order valence-electron chi connectivity index (χ2n) is 6.59. The number of hydrogen-bond donors (Lipinski definition) is 0. The molecular weight excluding hydrogens is 304 g/mol. The monoisotopic (exact) mass is 330 g/mol. The summed E-state index contributed by atoms with van der Waals surface area (Å²) in [5.41, 5.74) is 1.67. The molecule has 1 aromatic rings. The summed E-state index contributed by atoms with van der Waals surface area (Å²) in [6.07, 6.45) is 1.85. The second kappa shape index (κ2) is 8.11. The maximum atomic E-state index is 12.6. The molecule has 0 saturated carbocycles. The number of esters is 1. The molecule has 1 amide bonds. The molecule has 0 N–H and O–H groups in total. The molecule has 1 atom stereocenters. The Morgan fingerprint density at radius 2 is 1.96 bits per heavy atom. The smallest absolute Gasteiger partial charge is 0.313 e. The van der Waals surface area contributed by atoms with E-state index in [0.717, 1.165) is 17.8 Å². The topological polar surface area (TPSA) is 49.9 Å². The van der Waals surface area contributed by atoms with Crippen molar-refractivity contribution in [2.45, 2.75) is 13.8 Å². The molecule has 1 aromatic carbocycles. The highest BCUT2D eigenvalue weighted by atomic mass is 16.5. The van der Waals surface area contributed by atoms with Crippen LogP contribution in [0.2, 0.25) is 0 Å². The first-order valence-electron chi connectivity index (χ1n) is 8.26. The lowest BCUT2D eigenvalue weighted by Gasteiger charge is -2.32. The highest BCUT2D eigenvalue weighted by molar-refractivity contribution is 5.90. The zero-order chi connectivity index (χ0) is 17.7. The summed E-state index contributed by atoms with van der Waals surface area (Å²) in [4.78, 5) is 28.5. The lowest BCUT2D eigenvalue weighted by Crippen LogP contribution is -2.44. The largest absolute Gasteiger partial charge is 0.469 e. The van der Waals surface area contributed by atoms with Gasteiger partial charge in [0.2, 0.25) is 5.91 Å². The average Bonchev–Trinajstić information content (AvgIpc) is 2.56. The molecule has 2 rings (SSSR count). The predicted molar refractivity (Wildman–Crippen MR) is 94.0 cm³/mol. The number of benzene rings is 1. The molecule has 1 unspecified atom stereocenters. The lowest BCUT2D eigenvalue weighted by molar-refractivity contribution is -0.145. The fraction of sp³-hybridized carbons (Fsp3) is 0.474. The molecule has 5 heteroatoms. The molecule has 130 valence electrons. The third-order valence-corrected chi connectivity index (χ3v) is 4.11. The summed E-state index contributed by atoms with van der Waals surface area (Å²) in [6, 6.07) is 9.66. The van der Waals surface area contributed by atoms with E-state index >= 15 is 0 Å². The van der Waals surface area contributed by atoms with Gasteiger partial charge in [0.1, 0.15) is 0 Å². The van der Waals surface area contributed by atoms with Gasteiger partial charge in [0.05, 0.1) is 19.6 Å². The standard InChI is InChI=1S/C19H26N2O3/c1-14(2)11-21-12-16(19(23)24-4)10-17(20(3)18(22)13-21)15-8-6-5-7-9-15/h5-10,14,16H,11-13H2,1-4H3/b17-10-. The normalized spacial score (nSPS) is 21.9. The van der Waals surface area contributed by atoms with Crippen LogP contribution in [-0.2, 0) is 14.3 Å². The summed E-state index contributed by atoms with van der Waals surface area (Å²) in [5.74, 6) is -0.244.